The molecule has 46 heavy (non-hydrogen) atoms. The lowest BCUT2D eigenvalue weighted by atomic mass is 9.94. The third-order valence-corrected chi connectivity index (χ3v) is 9.33. The maximum atomic E-state index is 5.63. The van der Waals surface area contributed by atoms with Gasteiger partial charge in [-0.05, 0) is 81.6 Å². The smallest absolute Gasteiger partial charge is 0.119 e. The summed E-state index contributed by atoms with van der Waals surface area (Å²) in [6, 6.07) is 47.7. The molecule has 0 aliphatic heterocycles. The predicted octanol–water partition coefficient (Wildman–Crippen LogP) is 10.5. The van der Waals surface area contributed by atoms with E-state index < -0.39 is 0 Å². The lowest BCUT2D eigenvalue weighted by Crippen LogP contribution is -1.94. The van der Waals surface area contributed by atoms with Crippen molar-refractivity contribution in [3.63, 3.8) is 0 Å². The van der Waals surface area contributed by atoms with Crippen molar-refractivity contribution in [3.05, 3.63) is 133 Å². The number of fused-ring (bicyclic) bond motifs is 3. The fourth-order valence-corrected chi connectivity index (χ4v) is 7.11. The molecule has 8 aromatic rings. The molecule has 224 valence electrons. The third-order valence-electron chi connectivity index (χ3n) is 9.33. The van der Waals surface area contributed by atoms with Crippen molar-refractivity contribution in [3.8, 4) is 56.3 Å². The van der Waals surface area contributed by atoms with E-state index in [2.05, 4.69) is 145 Å². The molecule has 0 atom stereocenters. The molecule has 0 N–H and O–H groups in total. The van der Waals surface area contributed by atoms with Crippen LogP contribution >= 0.6 is 0 Å². The summed E-state index contributed by atoms with van der Waals surface area (Å²) in [7, 11) is 7.76. The van der Waals surface area contributed by atoms with Crippen molar-refractivity contribution in [1.82, 2.24) is 9.13 Å². The highest BCUT2D eigenvalue weighted by Gasteiger charge is 2.21. The van der Waals surface area contributed by atoms with Gasteiger partial charge in [-0.2, -0.15) is 0 Å². The van der Waals surface area contributed by atoms with Crippen molar-refractivity contribution >= 4 is 32.6 Å². The number of benzene rings is 6. The Morgan fingerprint density at radius 1 is 0.413 bits per heavy atom. The third kappa shape index (κ3) is 4.37. The number of hydrogen-bond acceptors (Lipinski definition) is 2. The van der Waals surface area contributed by atoms with Gasteiger partial charge in [0.2, 0.25) is 0 Å². The van der Waals surface area contributed by atoms with Gasteiger partial charge >= 0.3 is 0 Å². The zero-order valence-corrected chi connectivity index (χ0v) is 26.4. The van der Waals surface area contributed by atoms with E-state index >= 15 is 0 Å². The fraction of sp³-hybridized carbons (Fsp3) is 0.0952. The Kier molecular flexibility index (Phi) is 6.65. The molecular formula is C42H34N2O2. The molecule has 0 unspecified atom stereocenters. The van der Waals surface area contributed by atoms with Crippen LogP contribution in [0.25, 0.3) is 77.3 Å². The molecule has 4 heteroatoms. The number of aryl methyl sites for hydroxylation is 2. The second-order valence-corrected chi connectivity index (χ2v) is 11.8. The zero-order chi connectivity index (χ0) is 31.4. The first-order valence-electron chi connectivity index (χ1n) is 15.5. The molecule has 0 amide bonds. The predicted molar refractivity (Wildman–Crippen MR) is 192 cm³/mol. The molecule has 0 saturated heterocycles. The first-order valence-corrected chi connectivity index (χ1v) is 15.5. The number of methoxy groups -OCH3 is 2. The van der Waals surface area contributed by atoms with Gasteiger partial charge in [-0.1, -0.05) is 84.9 Å². The highest BCUT2D eigenvalue weighted by Crippen LogP contribution is 2.44. The summed E-state index contributed by atoms with van der Waals surface area (Å²) in [6.07, 6.45) is 0. The quantitative estimate of drug-likeness (QED) is 0.190. The van der Waals surface area contributed by atoms with Crippen LogP contribution in [0.4, 0.5) is 0 Å². The van der Waals surface area contributed by atoms with Crippen LogP contribution in [0.5, 0.6) is 11.5 Å². The van der Waals surface area contributed by atoms with Crippen LogP contribution in [0.15, 0.2) is 133 Å². The van der Waals surface area contributed by atoms with Gasteiger partial charge in [-0.3, -0.25) is 0 Å². The molecule has 4 nitrogen and oxygen atoms in total. The summed E-state index contributed by atoms with van der Waals surface area (Å²) in [5.41, 5.74) is 11.9. The number of aromatic nitrogens is 2. The van der Waals surface area contributed by atoms with E-state index in [-0.39, 0.29) is 0 Å². The number of hydrogen-bond donors (Lipinski definition) is 0. The van der Waals surface area contributed by atoms with Crippen LogP contribution in [-0.2, 0) is 14.1 Å². The summed E-state index contributed by atoms with van der Waals surface area (Å²) in [5, 5.41) is 4.76. The van der Waals surface area contributed by atoms with Crippen molar-refractivity contribution in [2.75, 3.05) is 14.2 Å². The van der Waals surface area contributed by atoms with Gasteiger partial charge in [0.15, 0.2) is 0 Å². The first kappa shape index (κ1) is 27.8. The molecule has 2 heterocycles. The van der Waals surface area contributed by atoms with Gasteiger partial charge < -0.3 is 18.6 Å². The molecule has 0 spiro atoms. The molecule has 0 saturated carbocycles. The highest BCUT2D eigenvalue weighted by atomic mass is 16.5. The highest BCUT2D eigenvalue weighted by molar-refractivity contribution is 6.08. The maximum Gasteiger partial charge on any atom is 0.119 e. The summed E-state index contributed by atoms with van der Waals surface area (Å²) < 4.78 is 15.9. The number of rotatable bonds is 6. The summed E-state index contributed by atoms with van der Waals surface area (Å²) in [5.74, 6) is 1.71. The summed E-state index contributed by atoms with van der Waals surface area (Å²) >= 11 is 0. The maximum absolute atomic E-state index is 5.63. The van der Waals surface area contributed by atoms with Crippen LogP contribution in [0.1, 0.15) is 0 Å². The standard InChI is InChI=1S/C42H34N2O2/c1-43-37-21-19-33(45-3)25-35(37)39(27-11-7-5-8-12-27)41(43)31-17-15-30-24-32(18-16-29(30)23-31)42-40(28-13-9-6-10-14-28)36-26-34(46-4)20-22-38(36)44(42)2/h5-26H,1-4H3. The van der Waals surface area contributed by atoms with Crippen molar-refractivity contribution < 1.29 is 9.47 Å². The van der Waals surface area contributed by atoms with E-state index in [1.807, 2.05) is 12.1 Å². The Balaban J connectivity index is 1.31. The van der Waals surface area contributed by atoms with Gasteiger partial charge in [-0.25, -0.2) is 0 Å². The Bertz CT molecular complexity index is 2230. The normalized spacial score (nSPS) is 11.5. The van der Waals surface area contributed by atoms with Crippen LogP contribution < -0.4 is 9.47 Å². The molecule has 8 rings (SSSR count). The fourth-order valence-electron chi connectivity index (χ4n) is 7.11. The van der Waals surface area contributed by atoms with Gasteiger partial charge in [0, 0.05) is 47.0 Å². The molecule has 0 fully saturated rings. The van der Waals surface area contributed by atoms with Crippen LogP contribution in [0, 0.1) is 0 Å². The van der Waals surface area contributed by atoms with Gasteiger partial charge in [-0.15, -0.1) is 0 Å². The van der Waals surface area contributed by atoms with Crippen molar-refractivity contribution in [2.45, 2.75) is 0 Å². The second-order valence-electron chi connectivity index (χ2n) is 11.8. The second kappa shape index (κ2) is 11.0. The lowest BCUT2D eigenvalue weighted by molar-refractivity contribution is 0.415. The van der Waals surface area contributed by atoms with E-state index in [0.29, 0.717) is 0 Å². The SMILES string of the molecule is COc1ccc2c(c1)c(-c1ccccc1)c(-c1ccc3cc(-c4c(-c5ccccc5)c5cc(OC)ccc5n4C)ccc3c1)n2C. The monoisotopic (exact) mass is 598 g/mol. The molecule has 0 aliphatic carbocycles. The Morgan fingerprint density at radius 3 is 1.22 bits per heavy atom. The summed E-state index contributed by atoms with van der Waals surface area (Å²) in [4.78, 5) is 0. The minimum atomic E-state index is 0.856. The first-order chi connectivity index (χ1) is 22.6. The lowest BCUT2D eigenvalue weighted by Gasteiger charge is -2.13. The van der Waals surface area contributed by atoms with Gasteiger partial charge in [0.25, 0.3) is 0 Å². The average Bonchev–Trinajstić information content (AvgIpc) is 3.57. The van der Waals surface area contributed by atoms with E-state index in [1.54, 1.807) is 14.2 Å². The largest absolute Gasteiger partial charge is 0.497 e. The van der Waals surface area contributed by atoms with Crippen LogP contribution in [0.2, 0.25) is 0 Å². The molecular weight excluding hydrogens is 564 g/mol. The topological polar surface area (TPSA) is 28.3 Å². The van der Waals surface area contributed by atoms with Gasteiger partial charge in [0.1, 0.15) is 11.5 Å². The Labute approximate surface area is 268 Å². The zero-order valence-electron chi connectivity index (χ0n) is 26.4. The number of nitrogens with zero attached hydrogens (tertiary/aromatic N) is 2. The summed E-state index contributed by atoms with van der Waals surface area (Å²) in [6.45, 7) is 0. The molecule has 0 radical (unpaired) electrons. The molecule has 0 aliphatic rings. The van der Waals surface area contributed by atoms with E-state index in [1.165, 1.54) is 77.3 Å². The molecule has 0 bridgehead atoms. The molecule has 6 aromatic carbocycles. The molecule has 2 aromatic heterocycles. The Morgan fingerprint density at radius 2 is 0.826 bits per heavy atom. The van der Waals surface area contributed by atoms with Crippen molar-refractivity contribution in [1.29, 1.82) is 0 Å². The number of ether oxygens (including phenoxy) is 2. The van der Waals surface area contributed by atoms with Crippen molar-refractivity contribution in [2.24, 2.45) is 14.1 Å². The minimum absolute atomic E-state index is 0.856. The van der Waals surface area contributed by atoms with E-state index in [4.69, 9.17) is 9.47 Å². The Hall–Kier alpha value is -5.74. The van der Waals surface area contributed by atoms with E-state index in [9.17, 15) is 0 Å². The van der Waals surface area contributed by atoms with Crippen LogP contribution in [0.3, 0.4) is 0 Å². The van der Waals surface area contributed by atoms with Crippen LogP contribution in [-0.4, -0.2) is 23.4 Å². The van der Waals surface area contributed by atoms with Gasteiger partial charge in [0.05, 0.1) is 25.6 Å². The minimum Gasteiger partial charge on any atom is -0.497 e. The van der Waals surface area contributed by atoms with E-state index in [0.717, 1.165) is 11.5 Å². The average molecular weight is 599 g/mol.